The molecule has 0 aromatic heterocycles. The Morgan fingerprint density at radius 3 is 2.52 bits per heavy atom. The number of urea groups is 1. The van der Waals surface area contributed by atoms with Crippen molar-refractivity contribution < 1.29 is 14.0 Å². The van der Waals surface area contributed by atoms with E-state index in [9.17, 15) is 14.0 Å². The Bertz CT molecular complexity index is 810. The highest BCUT2D eigenvalue weighted by atomic mass is 35.5. The molecule has 1 saturated carbocycles. The van der Waals surface area contributed by atoms with E-state index in [1.165, 1.54) is 17.7 Å². The fraction of sp³-hybridized carbons (Fsp3) is 0.222. The molecule has 0 spiro atoms. The Kier molecular flexibility index (Phi) is 4.90. The number of hydrazine groups is 1. The minimum absolute atomic E-state index is 0.0965. The zero-order valence-electron chi connectivity index (χ0n) is 13.5. The lowest BCUT2D eigenvalue weighted by Crippen LogP contribution is -2.44. The van der Waals surface area contributed by atoms with Crippen molar-refractivity contribution in [1.82, 2.24) is 10.9 Å². The lowest BCUT2D eigenvalue weighted by molar-refractivity contribution is -0.123. The van der Waals surface area contributed by atoms with Crippen molar-refractivity contribution in [3.8, 4) is 0 Å². The standard InChI is InChI=1S/C18H17ClFN3O2/c1-10-2-4-11(5-3-10)13-9-14(13)17(24)22-23-18(25)21-12-6-7-16(20)15(19)8-12/h2-8,13-14H,9H2,1H3,(H,22,24)(H2,21,23,25). The highest BCUT2D eigenvalue weighted by Crippen LogP contribution is 2.47. The Morgan fingerprint density at radius 2 is 1.84 bits per heavy atom. The number of hydrogen-bond acceptors (Lipinski definition) is 2. The van der Waals surface area contributed by atoms with E-state index in [0.717, 1.165) is 18.1 Å². The average Bonchev–Trinajstić information content (AvgIpc) is 3.37. The van der Waals surface area contributed by atoms with Crippen LogP contribution in [0.4, 0.5) is 14.9 Å². The van der Waals surface area contributed by atoms with Crippen molar-refractivity contribution in [2.75, 3.05) is 5.32 Å². The summed E-state index contributed by atoms with van der Waals surface area (Å²) in [6.07, 6.45) is 0.756. The fourth-order valence-electron chi connectivity index (χ4n) is 2.61. The van der Waals surface area contributed by atoms with Gasteiger partial charge in [0.15, 0.2) is 0 Å². The molecule has 1 aliphatic carbocycles. The fourth-order valence-corrected chi connectivity index (χ4v) is 2.79. The van der Waals surface area contributed by atoms with Crippen molar-refractivity contribution >= 4 is 29.2 Å². The lowest BCUT2D eigenvalue weighted by Gasteiger charge is -2.09. The van der Waals surface area contributed by atoms with Crippen LogP contribution in [0.5, 0.6) is 0 Å². The molecule has 3 rings (SSSR count). The number of rotatable bonds is 3. The molecule has 2 atom stereocenters. The average molecular weight is 362 g/mol. The summed E-state index contributed by atoms with van der Waals surface area (Å²) in [6.45, 7) is 2.01. The Labute approximate surface area is 149 Å². The summed E-state index contributed by atoms with van der Waals surface area (Å²) >= 11 is 5.64. The van der Waals surface area contributed by atoms with E-state index < -0.39 is 11.8 Å². The second-order valence-corrected chi connectivity index (χ2v) is 6.46. The maximum Gasteiger partial charge on any atom is 0.337 e. The van der Waals surface area contributed by atoms with Crippen molar-refractivity contribution in [3.05, 3.63) is 64.4 Å². The van der Waals surface area contributed by atoms with Gasteiger partial charge in [0.2, 0.25) is 5.91 Å². The first-order valence-electron chi connectivity index (χ1n) is 7.82. The first-order chi connectivity index (χ1) is 11.9. The Hall–Kier alpha value is -2.60. The van der Waals surface area contributed by atoms with Gasteiger partial charge < -0.3 is 5.32 Å². The van der Waals surface area contributed by atoms with E-state index in [1.807, 2.05) is 31.2 Å². The Morgan fingerprint density at radius 1 is 1.12 bits per heavy atom. The molecular weight excluding hydrogens is 345 g/mol. The largest absolute Gasteiger partial charge is 0.337 e. The van der Waals surface area contributed by atoms with Crippen LogP contribution in [0.2, 0.25) is 5.02 Å². The molecule has 0 bridgehead atoms. The molecule has 3 amide bonds. The predicted molar refractivity (Wildman–Crippen MR) is 93.7 cm³/mol. The van der Waals surface area contributed by atoms with E-state index in [4.69, 9.17) is 11.6 Å². The van der Waals surface area contributed by atoms with Crippen molar-refractivity contribution in [2.45, 2.75) is 19.3 Å². The number of benzene rings is 2. The second kappa shape index (κ2) is 7.11. The minimum Gasteiger partial charge on any atom is -0.307 e. The third-order valence-electron chi connectivity index (χ3n) is 4.11. The van der Waals surface area contributed by atoms with Crippen LogP contribution in [0, 0.1) is 18.7 Å². The van der Waals surface area contributed by atoms with Crippen LogP contribution in [-0.4, -0.2) is 11.9 Å². The molecule has 130 valence electrons. The zero-order valence-corrected chi connectivity index (χ0v) is 14.2. The molecule has 5 nitrogen and oxygen atoms in total. The Balaban J connectivity index is 1.47. The summed E-state index contributed by atoms with van der Waals surface area (Å²) in [7, 11) is 0. The van der Waals surface area contributed by atoms with Crippen LogP contribution in [0.15, 0.2) is 42.5 Å². The van der Waals surface area contributed by atoms with Gasteiger partial charge in [-0.15, -0.1) is 0 Å². The predicted octanol–water partition coefficient (Wildman–Crippen LogP) is 3.74. The van der Waals surface area contributed by atoms with E-state index in [1.54, 1.807) is 0 Å². The molecule has 2 aromatic carbocycles. The molecule has 7 heteroatoms. The van der Waals surface area contributed by atoms with Crippen molar-refractivity contribution in [1.29, 1.82) is 0 Å². The molecule has 0 saturated heterocycles. The highest BCUT2D eigenvalue weighted by molar-refractivity contribution is 6.31. The number of amides is 3. The molecule has 0 radical (unpaired) electrons. The van der Waals surface area contributed by atoms with Gasteiger partial charge in [-0.3, -0.25) is 10.2 Å². The van der Waals surface area contributed by atoms with Crippen LogP contribution in [-0.2, 0) is 4.79 Å². The normalized spacial score (nSPS) is 18.4. The number of anilines is 1. The van der Waals surface area contributed by atoms with Crippen LogP contribution in [0.25, 0.3) is 0 Å². The summed E-state index contributed by atoms with van der Waals surface area (Å²) < 4.78 is 13.1. The van der Waals surface area contributed by atoms with Crippen LogP contribution < -0.4 is 16.2 Å². The van der Waals surface area contributed by atoms with Gasteiger partial charge in [0.05, 0.1) is 5.02 Å². The van der Waals surface area contributed by atoms with Gasteiger partial charge in [-0.25, -0.2) is 14.6 Å². The number of nitrogens with one attached hydrogen (secondary N) is 3. The maximum atomic E-state index is 13.1. The molecule has 3 N–H and O–H groups in total. The second-order valence-electron chi connectivity index (χ2n) is 6.06. The van der Waals surface area contributed by atoms with E-state index >= 15 is 0 Å². The first-order valence-corrected chi connectivity index (χ1v) is 8.20. The van der Waals surface area contributed by atoms with E-state index in [2.05, 4.69) is 16.2 Å². The van der Waals surface area contributed by atoms with Gasteiger partial charge in [-0.1, -0.05) is 41.4 Å². The van der Waals surface area contributed by atoms with Crippen LogP contribution >= 0.6 is 11.6 Å². The number of carbonyl (C=O) groups is 2. The SMILES string of the molecule is Cc1ccc(C2CC2C(=O)NNC(=O)Nc2ccc(F)c(Cl)c2)cc1. The molecular formula is C18H17ClFN3O2. The van der Waals surface area contributed by atoms with Crippen LogP contribution in [0.1, 0.15) is 23.5 Å². The van der Waals surface area contributed by atoms with Gasteiger partial charge in [0.25, 0.3) is 0 Å². The summed E-state index contributed by atoms with van der Waals surface area (Å²) in [5, 5.41) is 2.36. The summed E-state index contributed by atoms with van der Waals surface area (Å²) in [5.41, 5.74) is 7.29. The zero-order chi connectivity index (χ0) is 18.0. The van der Waals surface area contributed by atoms with Crippen LogP contribution in [0.3, 0.4) is 0 Å². The van der Waals surface area contributed by atoms with E-state index in [-0.39, 0.29) is 22.8 Å². The smallest absolute Gasteiger partial charge is 0.307 e. The van der Waals surface area contributed by atoms with E-state index in [0.29, 0.717) is 5.69 Å². The quantitative estimate of drug-likeness (QED) is 0.729. The minimum atomic E-state index is -0.636. The molecule has 1 fully saturated rings. The molecule has 2 unspecified atom stereocenters. The number of halogens is 2. The first kappa shape index (κ1) is 17.2. The highest BCUT2D eigenvalue weighted by Gasteiger charge is 2.44. The third-order valence-corrected chi connectivity index (χ3v) is 4.40. The van der Waals surface area contributed by atoms with Gasteiger partial charge in [0.1, 0.15) is 5.82 Å². The van der Waals surface area contributed by atoms with Gasteiger partial charge in [-0.2, -0.15) is 0 Å². The summed E-state index contributed by atoms with van der Waals surface area (Å²) in [6, 6.07) is 11.2. The number of aryl methyl sites for hydroxylation is 1. The molecule has 1 aliphatic rings. The number of hydrogen-bond donors (Lipinski definition) is 3. The molecule has 0 heterocycles. The van der Waals surface area contributed by atoms with Crippen molar-refractivity contribution in [3.63, 3.8) is 0 Å². The molecule has 0 aliphatic heterocycles. The topological polar surface area (TPSA) is 70.2 Å². The molecule has 2 aromatic rings. The van der Waals surface area contributed by atoms with Gasteiger partial charge in [0, 0.05) is 11.6 Å². The summed E-state index contributed by atoms with van der Waals surface area (Å²) in [4.78, 5) is 23.9. The third kappa shape index (κ3) is 4.28. The summed E-state index contributed by atoms with van der Waals surface area (Å²) in [5.74, 6) is -0.778. The van der Waals surface area contributed by atoms with Gasteiger partial charge in [-0.05, 0) is 43.0 Å². The number of carbonyl (C=O) groups excluding carboxylic acids is 2. The lowest BCUT2D eigenvalue weighted by atomic mass is 10.1. The van der Waals surface area contributed by atoms with Crippen molar-refractivity contribution in [2.24, 2.45) is 5.92 Å². The van der Waals surface area contributed by atoms with Gasteiger partial charge >= 0.3 is 6.03 Å². The molecule has 25 heavy (non-hydrogen) atoms. The maximum absolute atomic E-state index is 13.1. The monoisotopic (exact) mass is 361 g/mol.